The maximum atomic E-state index is 6.10. The molecule has 0 bridgehead atoms. The Bertz CT molecular complexity index is 581. The molecule has 2 rings (SSSR count). The molecule has 0 saturated carbocycles. The second kappa shape index (κ2) is 6.75. The van der Waals surface area contributed by atoms with E-state index in [1.165, 1.54) is 0 Å². The van der Waals surface area contributed by atoms with Crippen LogP contribution < -0.4 is 16.0 Å². The highest BCUT2D eigenvalue weighted by molar-refractivity contribution is 14.1. The predicted molar refractivity (Wildman–Crippen MR) is 87.8 cm³/mol. The Kier molecular flexibility index (Phi) is 5.25. The van der Waals surface area contributed by atoms with Crippen molar-refractivity contribution in [1.82, 2.24) is 15.2 Å². The summed E-state index contributed by atoms with van der Waals surface area (Å²) in [4.78, 5) is 0. The number of aryl methyl sites for hydroxylation is 1. The van der Waals surface area contributed by atoms with Gasteiger partial charge in [-0.3, -0.25) is 10.5 Å². The lowest BCUT2D eigenvalue weighted by molar-refractivity contribution is 0.399. The molecule has 1 atom stereocenters. The summed E-state index contributed by atoms with van der Waals surface area (Å²) in [5, 5.41) is 4.98. The smallest absolute Gasteiger partial charge is 0.161 e. The van der Waals surface area contributed by atoms with Crippen LogP contribution in [0.3, 0.4) is 0 Å². The highest BCUT2D eigenvalue weighted by Crippen LogP contribution is 2.33. The number of nitrogens with two attached hydrogens (primary N) is 1. The van der Waals surface area contributed by atoms with Crippen molar-refractivity contribution in [2.24, 2.45) is 5.84 Å². The monoisotopic (exact) mass is 406 g/mol. The summed E-state index contributed by atoms with van der Waals surface area (Å²) in [5.41, 5.74) is 4.72. The van der Waals surface area contributed by atoms with E-state index in [4.69, 9.17) is 22.2 Å². The number of halogens is 2. The number of nitrogens with one attached hydrogen (secondary N) is 1. The molecule has 0 aliphatic carbocycles. The summed E-state index contributed by atoms with van der Waals surface area (Å²) >= 11 is 8.36. The molecule has 0 saturated heterocycles. The van der Waals surface area contributed by atoms with Gasteiger partial charge in [-0.25, -0.2) is 5.43 Å². The standard InChI is InChI=1S/C13H16ClIN4O/c1-3-19-13(11(20-2)7-17-19)12(18-16)9-6-8(14)4-5-10(9)15/h4-7,12,18H,3,16H2,1-2H3. The van der Waals surface area contributed by atoms with Crippen LogP contribution in [0.2, 0.25) is 5.02 Å². The van der Waals surface area contributed by atoms with Gasteiger partial charge in [0, 0.05) is 15.1 Å². The van der Waals surface area contributed by atoms with Crippen LogP contribution in [0.1, 0.15) is 24.2 Å². The molecule has 5 nitrogen and oxygen atoms in total. The molecular weight excluding hydrogens is 391 g/mol. The quantitative estimate of drug-likeness (QED) is 0.455. The lowest BCUT2D eigenvalue weighted by Crippen LogP contribution is -2.31. The summed E-state index contributed by atoms with van der Waals surface area (Å²) in [6.45, 7) is 2.75. The minimum Gasteiger partial charge on any atom is -0.493 e. The molecule has 1 heterocycles. The maximum absolute atomic E-state index is 6.10. The van der Waals surface area contributed by atoms with Crippen molar-refractivity contribution >= 4 is 34.2 Å². The summed E-state index contributed by atoms with van der Waals surface area (Å²) in [6.07, 6.45) is 1.70. The highest BCUT2D eigenvalue weighted by atomic mass is 127. The molecule has 7 heteroatoms. The largest absolute Gasteiger partial charge is 0.493 e. The van der Waals surface area contributed by atoms with E-state index in [2.05, 4.69) is 33.1 Å². The number of ether oxygens (including phenoxy) is 1. The third-order valence-corrected chi connectivity index (χ3v) is 4.29. The Labute approximate surface area is 136 Å². The third kappa shape index (κ3) is 2.93. The van der Waals surface area contributed by atoms with Crippen molar-refractivity contribution in [3.8, 4) is 5.75 Å². The number of nitrogens with zero attached hydrogens (tertiary/aromatic N) is 2. The van der Waals surface area contributed by atoms with Crippen LogP contribution in [-0.2, 0) is 6.54 Å². The minimum atomic E-state index is -0.238. The van der Waals surface area contributed by atoms with Gasteiger partial charge in [-0.1, -0.05) is 11.6 Å². The molecule has 0 aliphatic heterocycles. The van der Waals surface area contributed by atoms with Gasteiger partial charge >= 0.3 is 0 Å². The van der Waals surface area contributed by atoms with Crippen LogP contribution in [0, 0.1) is 3.57 Å². The number of hydrogen-bond acceptors (Lipinski definition) is 4. The van der Waals surface area contributed by atoms with Gasteiger partial charge < -0.3 is 4.74 Å². The number of hydrazine groups is 1. The van der Waals surface area contributed by atoms with Crippen molar-refractivity contribution in [3.63, 3.8) is 0 Å². The van der Waals surface area contributed by atoms with Gasteiger partial charge in [-0.2, -0.15) is 5.10 Å². The molecular formula is C13H16ClIN4O. The first-order valence-electron chi connectivity index (χ1n) is 6.13. The van der Waals surface area contributed by atoms with Gasteiger partial charge in [-0.05, 0) is 53.3 Å². The zero-order valence-corrected chi connectivity index (χ0v) is 14.1. The minimum absolute atomic E-state index is 0.238. The lowest BCUT2D eigenvalue weighted by atomic mass is 10.0. The molecule has 0 spiro atoms. The Morgan fingerprint density at radius 1 is 1.55 bits per heavy atom. The van der Waals surface area contributed by atoms with Gasteiger partial charge in [0.2, 0.25) is 0 Å². The van der Waals surface area contributed by atoms with Crippen molar-refractivity contribution < 1.29 is 4.74 Å². The molecule has 1 aromatic carbocycles. The SMILES string of the molecule is CCn1ncc(OC)c1C(NN)c1cc(Cl)ccc1I. The topological polar surface area (TPSA) is 65.1 Å². The van der Waals surface area contributed by atoms with Gasteiger partial charge in [0.1, 0.15) is 5.69 Å². The first-order valence-corrected chi connectivity index (χ1v) is 7.58. The Balaban J connectivity index is 2.57. The average Bonchev–Trinajstić information content (AvgIpc) is 2.86. The van der Waals surface area contributed by atoms with Gasteiger partial charge in [0.15, 0.2) is 5.75 Å². The number of rotatable bonds is 5. The van der Waals surface area contributed by atoms with Gasteiger partial charge in [0.05, 0.1) is 19.3 Å². The van der Waals surface area contributed by atoms with E-state index < -0.39 is 0 Å². The molecule has 20 heavy (non-hydrogen) atoms. The summed E-state index contributed by atoms with van der Waals surface area (Å²) in [6, 6.07) is 5.48. The van der Waals surface area contributed by atoms with Crippen LogP contribution >= 0.6 is 34.2 Å². The van der Waals surface area contributed by atoms with E-state index in [0.29, 0.717) is 10.8 Å². The summed E-state index contributed by atoms with van der Waals surface area (Å²) in [5.74, 6) is 6.47. The fourth-order valence-corrected chi connectivity index (χ4v) is 2.96. The summed E-state index contributed by atoms with van der Waals surface area (Å²) in [7, 11) is 1.62. The maximum Gasteiger partial charge on any atom is 0.161 e. The highest BCUT2D eigenvalue weighted by Gasteiger charge is 2.24. The Morgan fingerprint density at radius 2 is 2.30 bits per heavy atom. The molecule has 108 valence electrons. The van der Waals surface area contributed by atoms with Gasteiger partial charge in [0.25, 0.3) is 0 Å². The van der Waals surface area contributed by atoms with Crippen molar-refractivity contribution in [1.29, 1.82) is 0 Å². The molecule has 0 aliphatic rings. The predicted octanol–water partition coefficient (Wildman–Crippen LogP) is 2.72. The van der Waals surface area contributed by atoms with E-state index in [0.717, 1.165) is 21.4 Å². The second-order valence-electron chi connectivity index (χ2n) is 4.18. The van der Waals surface area contributed by atoms with Crippen LogP contribution in [-0.4, -0.2) is 16.9 Å². The number of hydrogen-bond donors (Lipinski definition) is 2. The van der Waals surface area contributed by atoms with Crippen molar-refractivity contribution in [2.75, 3.05) is 7.11 Å². The first kappa shape index (κ1) is 15.6. The zero-order chi connectivity index (χ0) is 14.7. The van der Waals surface area contributed by atoms with Crippen LogP contribution in [0.5, 0.6) is 5.75 Å². The first-order chi connectivity index (χ1) is 9.62. The van der Waals surface area contributed by atoms with Gasteiger partial charge in [-0.15, -0.1) is 0 Å². The fourth-order valence-electron chi connectivity index (χ4n) is 2.13. The third-order valence-electron chi connectivity index (χ3n) is 3.07. The molecule has 1 unspecified atom stereocenters. The van der Waals surface area contributed by atoms with E-state index in [-0.39, 0.29) is 6.04 Å². The number of benzene rings is 1. The van der Waals surface area contributed by atoms with E-state index in [1.54, 1.807) is 13.3 Å². The average molecular weight is 407 g/mol. The molecule has 0 fully saturated rings. The van der Waals surface area contributed by atoms with Crippen LogP contribution in [0.4, 0.5) is 0 Å². The molecule has 0 amide bonds. The Hall–Kier alpha value is -0.830. The molecule has 1 aromatic heterocycles. The van der Waals surface area contributed by atoms with Crippen LogP contribution in [0.25, 0.3) is 0 Å². The normalized spacial score (nSPS) is 12.4. The second-order valence-corrected chi connectivity index (χ2v) is 5.78. The van der Waals surface area contributed by atoms with Crippen molar-refractivity contribution in [2.45, 2.75) is 19.5 Å². The molecule has 2 aromatic rings. The Morgan fingerprint density at radius 3 is 2.90 bits per heavy atom. The fraction of sp³-hybridized carbons (Fsp3) is 0.308. The van der Waals surface area contributed by atoms with Crippen molar-refractivity contribution in [3.05, 3.63) is 44.2 Å². The van der Waals surface area contributed by atoms with E-state index >= 15 is 0 Å². The van der Waals surface area contributed by atoms with E-state index in [1.807, 2.05) is 29.8 Å². The summed E-state index contributed by atoms with van der Waals surface area (Å²) < 4.78 is 8.32. The van der Waals surface area contributed by atoms with E-state index in [9.17, 15) is 0 Å². The number of methoxy groups -OCH3 is 1. The molecule has 3 N–H and O–H groups in total. The zero-order valence-electron chi connectivity index (χ0n) is 11.2. The number of aromatic nitrogens is 2. The van der Waals surface area contributed by atoms with Crippen LogP contribution in [0.15, 0.2) is 24.4 Å². The molecule has 0 radical (unpaired) electrons. The lowest BCUT2D eigenvalue weighted by Gasteiger charge is -2.20.